The van der Waals surface area contributed by atoms with Crippen molar-refractivity contribution in [2.75, 3.05) is 18.0 Å². The van der Waals surface area contributed by atoms with Gasteiger partial charge >= 0.3 is 0 Å². The normalized spacial score (nSPS) is 19.0. The third-order valence-corrected chi connectivity index (χ3v) is 6.84. The average molecular weight is 373 g/mol. The molecule has 5 rings (SSSR count). The fourth-order valence-electron chi connectivity index (χ4n) is 3.35. The van der Waals surface area contributed by atoms with Crippen LogP contribution in [0, 0.1) is 5.92 Å². The Morgan fingerprint density at radius 1 is 1.12 bits per heavy atom. The van der Waals surface area contributed by atoms with Gasteiger partial charge < -0.3 is 4.90 Å². The van der Waals surface area contributed by atoms with Crippen molar-refractivity contribution in [1.29, 1.82) is 0 Å². The molecule has 0 bridgehead atoms. The molecular formula is C17H20N6S2. The van der Waals surface area contributed by atoms with Crippen molar-refractivity contribution < 1.29 is 0 Å². The van der Waals surface area contributed by atoms with E-state index < -0.39 is 0 Å². The SMILES string of the molecule is CC1CCN(c2nnc(Sc3ncnc4sccc34)n2C2CC2)CC1. The van der Waals surface area contributed by atoms with Crippen LogP contribution in [0.5, 0.6) is 0 Å². The Morgan fingerprint density at radius 3 is 2.76 bits per heavy atom. The Balaban J connectivity index is 1.48. The summed E-state index contributed by atoms with van der Waals surface area (Å²) in [4.78, 5) is 12.3. The van der Waals surface area contributed by atoms with Crippen LogP contribution in [-0.4, -0.2) is 37.8 Å². The fourth-order valence-corrected chi connectivity index (χ4v) is 5.11. The maximum absolute atomic E-state index is 4.57. The van der Waals surface area contributed by atoms with E-state index in [1.165, 1.54) is 25.7 Å². The van der Waals surface area contributed by atoms with Gasteiger partial charge in [-0.25, -0.2) is 9.97 Å². The minimum Gasteiger partial charge on any atom is -0.341 e. The second-order valence-electron chi connectivity index (χ2n) is 6.97. The minimum absolute atomic E-state index is 0.548. The van der Waals surface area contributed by atoms with E-state index in [1.807, 2.05) is 0 Å². The van der Waals surface area contributed by atoms with Crippen LogP contribution in [0.4, 0.5) is 5.95 Å². The van der Waals surface area contributed by atoms with Crippen molar-refractivity contribution >= 4 is 39.3 Å². The van der Waals surface area contributed by atoms with Crippen molar-refractivity contribution in [2.24, 2.45) is 5.92 Å². The van der Waals surface area contributed by atoms with Crippen molar-refractivity contribution in [1.82, 2.24) is 24.7 Å². The van der Waals surface area contributed by atoms with Gasteiger partial charge in [0.05, 0.1) is 0 Å². The smallest absolute Gasteiger partial charge is 0.228 e. The van der Waals surface area contributed by atoms with Crippen molar-refractivity contribution in [3.8, 4) is 0 Å². The summed E-state index contributed by atoms with van der Waals surface area (Å²) in [6.07, 6.45) is 6.57. The van der Waals surface area contributed by atoms with Crippen LogP contribution in [0.3, 0.4) is 0 Å². The second kappa shape index (κ2) is 6.25. The zero-order chi connectivity index (χ0) is 16.8. The highest BCUT2D eigenvalue weighted by Crippen LogP contribution is 2.43. The molecule has 25 heavy (non-hydrogen) atoms. The molecule has 130 valence electrons. The van der Waals surface area contributed by atoms with Crippen LogP contribution in [0.2, 0.25) is 0 Å². The van der Waals surface area contributed by atoms with E-state index in [2.05, 4.69) is 48.0 Å². The Bertz CT molecular complexity index is 892. The molecule has 6 nitrogen and oxygen atoms in total. The van der Waals surface area contributed by atoms with E-state index in [9.17, 15) is 0 Å². The molecule has 1 saturated heterocycles. The zero-order valence-electron chi connectivity index (χ0n) is 14.1. The summed E-state index contributed by atoms with van der Waals surface area (Å²) < 4.78 is 2.35. The third kappa shape index (κ3) is 2.91. The summed E-state index contributed by atoms with van der Waals surface area (Å²) in [6, 6.07) is 2.64. The molecule has 2 fully saturated rings. The van der Waals surface area contributed by atoms with Gasteiger partial charge in [-0.2, -0.15) is 0 Å². The van der Waals surface area contributed by atoms with Crippen molar-refractivity contribution in [3.05, 3.63) is 17.8 Å². The first kappa shape index (κ1) is 15.6. The first-order valence-electron chi connectivity index (χ1n) is 8.85. The number of nitrogens with zero attached hydrogens (tertiary/aromatic N) is 6. The molecule has 1 aliphatic heterocycles. The highest BCUT2D eigenvalue weighted by Gasteiger charge is 2.33. The molecular weight excluding hydrogens is 352 g/mol. The molecule has 0 aromatic carbocycles. The van der Waals surface area contributed by atoms with Crippen LogP contribution in [0.15, 0.2) is 28.0 Å². The molecule has 1 aliphatic carbocycles. The van der Waals surface area contributed by atoms with Crippen LogP contribution in [0.25, 0.3) is 10.2 Å². The second-order valence-corrected chi connectivity index (χ2v) is 8.82. The maximum Gasteiger partial charge on any atom is 0.228 e. The van der Waals surface area contributed by atoms with Gasteiger partial charge in [0.15, 0.2) is 5.16 Å². The van der Waals surface area contributed by atoms with E-state index in [0.717, 1.165) is 45.4 Å². The van der Waals surface area contributed by atoms with Gasteiger partial charge in [0, 0.05) is 24.5 Å². The summed E-state index contributed by atoms with van der Waals surface area (Å²) in [5, 5.41) is 14.2. The van der Waals surface area contributed by atoms with Gasteiger partial charge in [0.2, 0.25) is 5.95 Å². The third-order valence-electron chi connectivity index (χ3n) is 5.04. The van der Waals surface area contributed by atoms with Crippen molar-refractivity contribution in [3.63, 3.8) is 0 Å². The lowest BCUT2D eigenvalue weighted by molar-refractivity contribution is 0.429. The molecule has 0 unspecified atom stereocenters. The van der Waals surface area contributed by atoms with Crippen LogP contribution < -0.4 is 4.90 Å². The lowest BCUT2D eigenvalue weighted by atomic mass is 10.00. The van der Waals surface area contributed by atoms with Gasteiger partial charge in [0.25, 0.3) is 0 Å². The summed E-state index contributed by atoms with van der Waals surface area (Å²) in [5.74, 6) is 1.86. The number of hydrogen-bond acceptors (Lipinski definition) is 7. The van der Waals surface area contributed by atoms with Gasteiger partial charge in [0.1, 0.15) is 16.2 Å². The van der Waals surface area contributed by atoms with Gasteiger partial charge in [-0.05, 0) is 54.8 Å². The van der Waals surface area contributed by atoms with E-state index in [-0.39, 0.29) is 0 Å². The summed E-state index contributed by atoms with van der Waals surface area (Å²) in [7, 11) is 0. The molecule has 0 radical (unpaired) electrons. The topological polar surface area (TPSA) is 59.7 Å². The first-order chi connectivity index (χ1) is 12.3. The molecule has 4 heterocycles. The number of piperidine rings is 1. The Morgan fingerprint density at radius 2 is 1.96 bits per heavy atom. The Kier molecular flexibility index (Phi) is 3.89. The number of aromatic nitrogens is 5. The van der Waals surface area contributed by atoms with Crippen molar-refractivity contribution in [2.45, 2.75) is 48.8 Å². The number of anilines is 1. The average Bonchev–Trinajstić information content (AvgIpc) is 3.19. The standard InChI is InChI=1S/C17H20N6S2/c1-11-4-7-22(8-5-11)16-20-21-17(23(16)12-2-3-12)25-15-13-6-9-24-14(13)18-10-19-15/h6,9-12H,2-5,7-8H2,1H3. The van der Waals surface area contributed by atoms with Gasteiger partial charge in [-0.15, -0.1) is 21.5 Å². The molecule has 8 heteroatoms. The minimum atomic E-state index is 0.548. The lowest BCUT2D eigenvalue weighted by Gasteiger charge is -2.31. The predicted octanol–water partition coefficient (Wildman–Crippen LogP) is 4.01. The summed E-state index contributed by atoms with van der Waals surface area (Å²) >= 11 is 3.27. The maximum atomic E-state index is 4.57. The first-order valence-corrected chi connectivity index (χ1v) is 10.5. The van der Waals surface area contributed by atoms with Gasteiger partial charge in [-0.1, -0.05) is 6.92 Å². The largest absolute Gasteiger partial charge is 0.341 e. The Hall–Kier alpha value is -1.67. The van der Waals surface area contributed by atoms with Gasteiger partial charge in [-0.3, -0.25) is 4.57 Å². The van der Waals surface area contributed by atoms with Crippen LogP contribution in [0.1, 0.15) is 38.6 Å². The highest BCUT2D eigenvalue weighted by atomic mass is 32.2. The molecule has 0 N–H and O–H groups in total. The number of rotatable bonds is 4. The number of thiophene rings is 1. The Labute approximate surface area is 154 Å². The summed E-state index contributed by atoms with van der Waals surface area (Å²) in [6.45, 7) is 4.50. The highest BCUT2D eigenvalue weighted by molar-refractivity contribution is 7.99. The molecule has 0 spiro atoms. The lowest BCUT2D eigenvalue weighted by Crippen LogP contribution is -2.34. The molecule has 3 aromatic rings. The molecule has 2 aliphatic rings. The quantitative estimate of drug-likeness (QED) is 0.645. The monoisotopic (exact) mass is 372 g/mol. The molecule has 1 saturated carbocycles. The predicted molar refractivity (Wildman–Crippen MR) is 100 cm³/mol. The molecule has 3 aromatic heterocycles. The van der Waals surface area contributed by atoms with E-state index >= 15 is 0 Å². The van der Waals surface area contributed by atoms with E-state index in [1.54, 1.807) is 29.4 Å². The van der Waals surface area contributed by atoms with Crippen LogP contribution in [-0.2, 0) is 0 Å². The van der Waals surface area contributed by atoms with Crippen LogP contribution >= 0.6 is 23.1 Å². The molecule has 0 amide bonds. The fraction of sp³-hybridized carbons (Fsp3) is 0.529. The molecule has 0 atom stereocenters. The summed E-state index contributed by atoms with van der Waals surface area (Å²) in [5.41, 5.74) is 0. The zero-order valence-corrected chi connectivity index (χ0v) is 15.8. The van der Waals surface area contributed by atoms with E-state index in [4.69, 9.17) is 0 Å². The number of hydrogen-bond donors (Lipinski definition) is 0. The van der Waals surface area contributed by atoms with E-state index in [0.29, 0.717) is 6.04 Å². The number of fused-ring (bicyclic) bond motifs is 1.